The molecular formula is C15H15ClO. The molecule has 2 aromatic carbocycles. The normalized spacial score (nSPS) is 12.4. The Balaban J connectivity index is 1.97. The second kappa shape index (κ2) is 5.85. The monoisotopic (exact) mass is 246 g/mol. The lowest BCUT2D eigenvalue weighted by Crippen LogP contribution is -1.99. The molecule has 0 aliphatic carbocycles. The molecule has 0 saturated heterocycles. The zero-order chi connectivity index (χ0) is 12.1. The maximum absolute atomic E-state index is 10.0. The molecule has 1 unspecified atom stereocenters. The van der Waals surface area contributed by atoms with Crippen LogP contribution < -0.4 is 0 Å². The molecule has 0 aliphatic rings. The second-order valence-electron chi connectivity index (χ2n) is 4.06. The van der Waals surface area contributed by atoms with Gasteiger partial charge in [-0.1, -0.05) is 60.1 Å². The van der Waals surface area contributed by atoms with Gasteiger partial charge in [0.2, 0.25) is 0 Å². The standard InChI is InChI=1S/C15H15ClO/c16-14-9-5-4-6-12(14)10-11-15(17)13-7-2-1-3-8-13/h1-9,15,17H,10-11H2. The van der Waals surface area contributed by atoms with Gasteiger partial charge in [0.15, 0.2) is 0 Å². The highest BCUT2D eigenvalue weighted by Crippen LogP contribution is 2.22. The Kier molecular flexibility index (Phi) is 4.18. The first kappa shape index (κ1) is 12.2. The number of halogens is 1. The van der Waals surface area contributed by atoms with Crippen LogP contribution in [-0.4, -0.2) is 5.11 Å². The summed E-state index contributed by atoms with van der Waals surface area (Å²) in [7, 11) is 0. The summed E-state index contributed by atoms with van der Waals surface area (Å²) in [5.41, 5.74) is 2.05. The van der Waals surface area contributed by atoms with Crippen molar-refractivity contribution in [2.24, 2.45) is 0 Å². The van der Waals surface area contributed by atoms with Crippen molar-refractivity contribution in [2.75, 3.05) is 0 Å². The van der Waals surface area contributed by atoms with Crippen LogP contribution in [0.25, 0.3) is 0 Å². The summed E-state index contributed by atoms with van der Waals surface area (Å²) >= 11 is 6.07. The van der Waals surface area contributed by atoms with E-state index in [1.807, 2.05) is 54.6 Å². The maximum Gasteiger partial charge on any atom is 0.0793 e. The van der Waals surface area contributed by atoms with E-state index in [1.165, 1.54) is 0 Å². The van der Waals surface area contributed by atoms with Crippen LogP contribution in [0.1, 0.15) is 23.7 Å². The molecule has 1 nitrogen and oxygen atoms in total. The molecule has 0 heterocycles. The minimum absolute atomic E-state index is 0.424. The average Bonchev–Trinajstić information content (AvgIpc) is 2.38. The fourth-order valence-corrected chi connectivity index (χ4v) is 2.07. The molecule has 1 N–H and O–H groups in total. The highest BCUT2D eigenvalue weighted by Gasteiger charge is 2.08. The van der Waals surface area contributed by atoms with Gasteiger partial charge in [-0.2, -0.15) is 0 Å². The predicted octanol–water partition coefficient (Wildman–Crippen LogP) is 4.01. The van der Waals surface area contributed by atoms with Crippen LogP contribution in [0.5, 0.6) is 0 Å². The lowest BCUT2D eigenvalue weighted by Gasteiger charge is -2.11. The van der Waals surface area contributed by atoms with Gasteiger partial charge in [0.1, 0.15) is 0 Å². The Morgan fingerprint density at radius 2 is 1.59 bits per heavy atom. The van der Waals surface area contributed by atoms with E-state index in [1.54, 1.807) is 0 Å². The molecule has 0 aliphatic heterocycles. The molecule has 0 amide bonds. The van der Waals surface area contributed by atoms with Crippen LogP contribution in [0, 0.1) is 0 Å². The number of benzene rings is 2. The van der Waals surface area contributed by atoms with Gasteiger partial charge in [0.05, 0.1) is 6.10 Å². The summed E-state index contributed by atoms with van der Waals surface area (Å²) in [6.45, 7) is 0. The van der Waals surface area contributed by atoms with E-state index in [-0.39, 0.29) is 0 Å². The zero-order valence-electron chi connectivity index (χ0n) is 9.51. The van der Waals surface area contributed by atoms with Gasteiger partial charge < -0.3 is 5.11 Å². The number of aliphatic hydroxyl groups is 1. The predicted molar refractivity (Wildman–Crippen MR) is 71.2 cm³/mol. The van der Waals surface area contributed by atoms with E-state index in [4.69, 9.17) is 11.6 Å². The number of aliphatic hydroxyl groups excluding tert-OH is 1. The fraction of sp³-hybridized carbons (Fsp3) is 0.200. The highest BCUT2D eigenvalue weighted by atomic mass is 35.5. The molecule has 88 valence electrons. The average molecular weight is 247 g/mol. The van der Waals surface area contributed by atoms with E-state index in [0.29, 0.717) is 6.42 Å². The van der Waals surface area contributed by atoms with Crippen molar-refractivity contribution in [3.8, 4) is 0 Å². The quantitative estimate of drug-likeness (QED) is 0.864. The zero-order valence-corrected chi connectivity index (χ0v) is 10.3. The van der Waals surface area contributed by atoms with E-state index >= 15 is 0 Å². The topological polar surface area (TPSA) is 20.2 Å². The van der Waals surface area contributed by atoms with E-state index in [2.05, 4.69) is 0 Å². The van der Waals surface area contributed by atoms with Crippen molar-refractivity contribution < 1.29 is 5.11 Å². The van der Waals surface area contributed by atoms with Gasteiger partial charge in [0.25, 0.3) is 0 Å². The summed E-state index contributed by atoms with van der Waals surface area (Å²) in [6, 6.07) is 17.5. The van der Waals surface area contributed by atoms with Crippen LogP contribution in [0.2, 0.25) is 5.02 Å². The molecule has 0 radical (unpaired) electrons. The SMILES string of the molecule is OC(CCc1ccccc1Cl)c1ccccc1. The number of hydrogen-bond acceptors (Lipinski definition) is 1. The molecular weight excluding hydrogens is 232 g/mol. The molecule has 2 heteroatoms. The van der Waals surface area contributed by atoms with Gasteiger partial charge in [-0.3, -0.25) is 0 Å². The van der Waals surface area contributed by atoms with E-state index in [0.717, 1.165) is 22.6 Å². The summed E-state index contributed by atoms with van der Waals surface area (Å²) in [5.74, 6) is 0. The number of rotatable bonds is 4. The minimum atomic E-state index is -0.424. The molecule has 1 atom stereocenters. The van der Waals surface area contributed by atoms with Crippen LogP contribution >= 0.6 is 11.6 Å². The third kappa shape index (κ3) is 3.32. The van der Waals surface area contributed by atoms with E-state index < -0.39 is 6.10 Å². The molecule has 0 aromatic heterocycles. The van der Waals surface area contributed by atoms with Crippen molar-refractivity contribution >= 4 is 11.6 Å². The Hall–Kier alpha value is -1.31. The molecule has 0 bridgehead atoms. The van der Waals surface area contributed by atoms with Crippen LogP contribution in [-0.2, 0) is 6.42 Å². The fourth-order valence-electron chi connectivity index (χ4n) is 1.84. The molecule has 0 saturated carbocycles. The Labute approximate surface area is 107 Å². The molecule has 2 aromatic rings. The Morgan fingerprint density at radius 1 is 0.941 bits per heavy atom. The second-order valence-corrected chi connectivity index (χ2v) is 4.46. The minimum Gasteiger partial charge on any atom is -0.388 e. The van der Waals surface area contributed by atoms with Gasteiger partial charge in [-0.05, 0) is 30.0 Å². The third-order valence-electron chi connectivity index (χ3n) is 2.83. The van der Waals surface area contributed by atoms with Gasteiger partial charge in [-0.15, -0.1) is 0 Å². The van der Waals surface area contributed by atoms with Crippen LogP contribution in [0.4, 0.5) is 0 Å². The molecule has 0 spiro atoms. The lowest BCUT2D eigenvalue weighted by atomic mass is 10.0. The highest BCUT2D eigenvalue weighted by molar-refractivity contribution is 6.31. The lowest BCUT2D eigenvalue weighted by molar-refractivity contribution is 0.168. The van der Waals surface area contributed by atoms with E-state index in [9.17, 15) is 5.11 Å². The van der Waals surface area contributed by atoms with Crippen molar-refractivity contribution in [2.45, 2.75) is 18.9 Å². The maximum atomic E-state index is 10.0. The van der Waals surface area contributed by atoms with Gasteiger partial charge >= 0.3 is 0 Å². The Bertz CT molecular complexity index is 467. The van der Waals surface area contributed by atoms with Gasteiger partial charge in [-0.25, -0.2) is 0 Å². The van der Waals surface area contributed by atoms with Crippen molar-refractivity contribution in [3.05, 3.63) is 70.7 Å². The number of hydrogen-bond donors (Lipinski definition) is 1. The van der Waals surface area contributed by atoms with Crippen molar-refractivity contribution in [3.63, 3.8) is 0 Å². The largest absolute Gasteiger partial charge is 0.388 e. The third-order valence-corrected chi connectivity index (χ3v) is 3.20. The summed E-state index contributed by atoms with van der Waals surface area (Å²) in [5, 5.41) is 10.8. The molecule has 0 fully saturated rings. The summed E-state index contributed by atoms with van der Waals surface area (Å²) in [4.78, 5) is 0. The first-order valence-corrected chi connectivity index (χ1v) is 6.11. The first-order chi connectivity index (χ1) is 8.27. The first-order valence-electron chi connectivity index (χ1n) is 5.74. The summed E-state index contributed by atoms with van der Waals surface area (Å²) in [6.07, 6.45) is 1.05. The van der Waals surface area contributed by atoms with Crippen molar-refractivity contribution in [1.29, 1.82) is 0 Å². The number of aryl methyl sites for hydroxylation is 1. The Morgan fingerprint density at radius 3 is 2.29 bits per heavy atom. The van der Waals surface area contributed by atoms with Crippen LogP contribution in [0.3, 0.4) is 0 Å². The van der Waals surface area contributed by atoms with Crippen molar-refractivity contribution in [1.82, 2.24) is 0 Å². The smallest absolute Gasteiger partial charge is 0.0793 e. The van der Waals surface area contributed by atoms with Gasteiger partial charge in [0, 0.05) is 5.02 Å². The molecule has 2 rings (SSSR count). The van der Waals surface area contributed by atoms with Crippen LogP contribution in [0.15, 0.2) is 54.6 Å². The summed E-state index contributed by atoms with van der Waals surface area (Å²) < 4.78 is 0. The molecule has 17 heavy (non-hydrogen) atoms.